The number of amides is 4. The Bertz CT molecular complexity index is 2250. The number of cyclic esters (lactones) is 1. The van der Waals surface area contributed by atoms with Gasteiger partial charge in [0.1, 0.15) is 18.1 Å². The lowest BCUT2D eigenvalue weighted by Crippen LogP contribution is -2.63. The van der Waals surface area contributed by atoms with Crippen molar-refractivity contribution in [1.29, 1.82) is 0 Å². The summed E-state index contributed by atoms with van der Waals surface area (Å²) in [4.78, 5) is 79.3. The second-order valence-electron chi connectivity index (χ2n) is 19.3. The van der Waals surface area contributed by atoms with Crippen LogP contribution in [0.2, 0.25) is 0 Å². The second kappa shape index (κ2) is 19.5. The summed E-state index contributed by atoms with van der Waals surface area (Å²) in [6.07, 6.45) is 5.87. The van der Waals surface area contributed by atoms with Crippen LogP contribution in [0.25, 0.3) is 22.2 Å². The molecule has 15 heteroatoms. The molecule has 6 heterocycles. The lowest BCUT2D eigenvalue weighted by Gasteiger charge is -2.37. The van der Waals surface area contributed by atoms with Crippen LogP contribution in [0.15, 0.2) is 49.2 Å². The van der Waals surface area contributed by atoms with Crippen LogP contribution in [0, 0.1) is 17.3 Å². The molecule has 4 amide bonds. The number of pyridine rings is 1. The van der Waals surface area contributed by atoms with Gasteiger partial charge in [-0.1, -0.05) is 40.3 Å². The molecule has 4 aliphatic rings. The third-order valence-corrected chi connectivity index (χ3v) is 13.8. The molecule has 2 N–H and O–H groups in total. The van der Waals surface area contributed by atoms with Gasteiger partial charge < -0.3 is 34.1 Å². The number of likely N-dealkylation sites (tertiary alicyclic amines) is 1. The van der Waals surface area contributed by atoms with Crippen LogP contribution >= 0.6 is 0 Å². The number of hydrogen-bond acceptors (Lipinski definition) is 10. The Morgan fingerprint density at radius 3 is 2.58 bits per heavy atom. The van der Waals surface area contributed by atoms with Crippen molar-refractivity contribution in [2.24, 2.45) is 17.3 Å². The van der Waals surface area contributed by atoms with Gasteiger partial charge in [-0.2, -0.15) is 0 Å². The van der Waals surface area contributed by atoms with Crippen LogP contribution in [0.4, 0.5) is 0 Å². The molecule has 7 rings (SSSR count). The van der Waals surface area contributed by atoms with Crippen molar-refractivity contribution in [1.82, 2.24) is 40.0 Å². The molecular weight excluding hydrogens is 813 g/mol. The molecule has 15 nitrogen and oxygen atoms in total. The van der Waals surface area contributed by atoms with Gasteiger partial charge in [0.15, 0.2) is 0 Å². The molecule has 4 aliphatic heterocycles. The Balaban J connectivity index is 1.23. The highest BCUT2D eigenvalue weighted by Gasteiger charge is 2.41. The summed E-state index contributed by atoms with van der Waals surface area (Å²) in [5, 5.41) is 5.71. The van der Waals surface area contributed by atoms with Gasteiger partial charge in [-0.15, -0.1) is 0 Å². The molecule has 0 saturated carbocycles. The average molecular weight is 881 g/mol. The number of fused-ring (bicyclic) bond motifs is 6. The maximum Gasteiger partial charge on any atom is 0.324 e. The van der Waals surface area contributed by atoms with E-state index in [1.165, 1.54) is 27.1 Å². The molecule has 64 heavy (non-hydrogen) atoms. The van der Waals surface area contributed by atoms with Crippen LogP contribution in [-0.2, 0) is 46.4 Å². The smallest absolute Gasteiger partial charge is 0.324 e. The summed E-state index contributed by atoms with van der Waals surface area (Å²) in [5.41, 5.74) is 9.15. The van der Waals surface area contributed by atoms with Crippen molar-refractivity contribution >= 4 is 40.5 Å². The number of methoxy groups -OCH3 is 1. The van der Waals surface area contributed by atoms with E-state index in [0.29, 0.717) is 51.9 Å². The number of hydrogen-bond donors (Lipinski definition) is 2. The maximum absolute atomic E-state index is 14.6. The van der Waals surface area contributed by atoms with Gasteiger partial charge in [-0.3, -0.25) is 34.0 Å². The number of nitrogens with zero attached hydrogens (tertiary/aromatic N) is 6. The number of ether oxygens (including phenoxy) is 2. The summed E-state index contributed by atoms with van der Waals surface area (Å²) >= 11 is 0. The highest BCUT2D eigenvalue weighted by atomic mass is 16.5. The zero-order chi connectivity index (χ0) is 46.0. The zero-order valence-electron chi connectivity index (χ0n) is 39.0. The largest absolute Gasteiger partial charge is 0.464 e. The van der Waals surface area contributed by atoms with E-state index in [1.54, 1.807) is 19.1 Å². The zero-order valence-corrected chi connectivity index (χ0v) is 39.0. The van der Waals surface area contributed by atoms with Crippen molar-refractivity contribution in [3.8, 4) is 11.3 Å². The van der Waals surface area contributed by atoms with E-state index in [0.717, 1.165) is 40.8 Å². The quantitative estimate of drug-likeness (QED) is 0.213. The number of rotatable bonds is 10. The van der Waals surface area contributed by atoms with Gasteiger partial charge in [0, 0.05) is 81.5 Å². The predicted molar refractivity (Wildman–Crippen MR) is 245 cm³/mol. The molecule has 3 saturated heterocycles. The molecule has 346 valence electrons. The van der Waals surface area contributed by atoms with Gasteiger partial charge >= 0.3 is 5.97 Å². The molecule has 0 aliphatic carbocycles. The molecule has 0 radical (unpaired) electrons. The number of aryl methyl sites for hydroxylation is 1. The minimum absolute atomic E-state index is 0.160. The maximum atomic E-state index is 14.6. The number of esters is 1. The Kier molecular flexibility index (Phi) is 14.3. The summed E-state index contributed by atoms with van der Waals surface area (Å²) in [6.45, 7) is 19.4. The minimum atomic E-state index is -0.971. The minimum Gasteiger partial charge on any atom is -0.464 e. The molecule has 3 fully saturated rings. The monoisotopic (exact) mass is 881 g/mol. The molecule has 6 bridgehead atoms. The van der Waals surface area contributed by atoms with Crippen LogP contribution in [0.5, 0.6) is 0 Å². The Labute approximate surface area is 377 Å². The first-order valence-corrected chi connectivity index (χ1v) is 23.1. The predicted octanol–water partition coefficient (Wildman–Crippen LogP) is 4.84. The van der Waals surface area contributed by atoms with E-state index in [9.17, 15) is 24.0 Å². The van der Waals surface area contributed by atoms with Gasteiger partial charge in [-0.25, -0.2) is 5.43 Å². The van der Waals surface area contributed by atoms with E-state index in [1.807, 2.05) is 33.0 Å². The van der Waals surface area contributed by atoms with E-state index in [4.69, 9.17) is 14.5 Å². The van der Waals surface area contributed by atoms with E-state index in [-0.39, 0.29) is 55.4 Å². The number of benzene rings is 1. The van der Waals surface area contributed by atoms with Crippen LogP contribution in [-0.4, -0.2) is 137 Å². The molecule has 1 aromatic carbocycles. The van der Waals surface area contributed by atoms with Crippen molar-refractivity contribution < 1.29 is 33.4 Å². The summed E-state index contributed by atoms with van der Waals surface area (Å²) < 4.78 is 14.3. The molecular formula is C49H68N8O7. The number of hydrazine groups is 1. The SMILES string of the molecule is C=CC(=O)N1CC[C@H](C(=O)N(C)[C@H](C(=O)N[C@H]2CN3CC[C@H](C3)c3ccc4c(c3)c(c(-c3cccnc3[C@H](C)OC)n4CC)CC(C)(C)COC(=O)[C@@H]3CCCN(N3)C2=O)C(C)C)C1. The molecule has 3 aromatic rings. The van der Waals surface area contributed by atoms with E-state index < -0.39 is 41.3 Å². The first-order chi connectivity index (χ1) is 30.5. The summed E-state index contributed by atoms with van der Waals surface area (Å²) in [6, 6.07) is 8.28. The van der Waals surface area contributed by atoms with Crippen molar-refractivity contribution in [3.63, 3.8) is 0 Å². The fraction of sp³-hybridized carbons (Fsp3) is 0.592. The number of carbonyl (C=O) groups is 5. The standard InChI is InChI=1S/C49H68N8O7/c1-10-41(58)55-23-19-34(27-55)46(60)53(8)43(30(3)4)45(59)51-39-28-54-22-18-33(26-54)32-16-17-40-36(24-32)37(44(56(40)11-2)35-14-12-20-50-42(35)31(5)63-9)25-49(6,7)29-64-48(62)38-15-13-21-57(52-38)47(39)61/h10,12,14,16-17,20,24,30-31,33-34,38-39,43,52H,1,11,13,15,18-19,21-23,25-29H2,2-9H3,(H,51,59)/t31-,33+,34-,38-,39-,43-/m0/s1. The molecule has 7 atom stereocenters. The van der Waals surface area contributed by atoms with Crippen LogP contribution in [0.1, 0.15) is 96.1 Å². The third-order valence-electron chi connectivity index (χ3n) is 13.8. The van der Waals surface area contributed by atoms with Crippen LogP contribution < -0.4 is 10.7 Å². The first-order valence-electron chi connectivity index (χ1n) is 23.1. The highest BCUT2D eigenvalue weighted by Crippen LogP contribution is 2.42. The Morgan fingerprint density at radius 1 is 1.08 bits per heavy atom. The van der Waals surface area contributed by atoms with Crippen molar-refractivity contribution in [3.05, 3.63) is 66.0 Å². The van der Waals surface area contributed by atoms with Crippen molar-refractivity contribution in [2.45, 2.75) is 110 Å². The molecule has 2 aromatic heterocycles. The lowest BCUT2D eigenvalue weighted by atomic mass is 9.84. The van der Waals surface area contributed by atoms with Gasteiger partial charge in [-0.05, 0) is 106 Å². The third kappa shape index (κ3) is 9.62. The normalized spacial score (nSPS) is 24.9. The Hall–Kier alpha value is -5.12. The van der Waals surface area contributed by atoms with Gasteiger partial charge in [0.25, 0.3) is 5.91 Å². The Morgan fingerprint density at radius 2 is 1.86 bits per heavy atom. The molecule has 1 unspecified atom stereocenters. The van der Waals surface area contributed by atoms with E-state index >= 15 is 0 Å². The number of likely N-dealkylation sites (N-methyl/N-ethyl adjacent to an activating group) is 1. The summed E-state index contributed by atoms with van der Waals surface area (Å²) in [5.74, 6) is -2.21. The van der Waals surface area contributed by atoms with Crippen LogP contribution in [0.3, 0.4) is 0 Å². The topological polar surface area (TPSA) is 159 Å². The number of carbonyl (C=O) groups excluding carboxylic acids is 5. The second-order valence-corrected chi connectivity index (χ2v) is 19.3. The van der Waals surface area contributed by atoms with Gasteiger partial charge in [0.05, 0.1) is 30.0 Å². The average Bonchev–Trinajstić information content (AvgIpc) is 4.05. The number of aromatic nitrogens is 2. The summed E-state index contributed by atoms with van der Waals surface area (Å²) in [7, 11) is 3.32. The van der Waals surface area contributed by atoms with E-state index in [2.05, 4.69) is 71.8 Å². The van der Waals surface area contributed by atoms with Crippen molar-refractivity contribution in [2.75, 3.05) is 60.0 Å². The fourth-order valence-electron chi connectivity index (χ4n) is 10.4. The van der Waals surface area contributed by atoms with Gasteiger partial charge in [0.2, 0.25) is 17.7 Å². The number of nitrogens with one attached hydrogen (secondary N) is 2. The lowest BCUT2D eigenvalue weighted by molar-refractivity contribution is -0.155. The highest BCUT2D eigenvalue weighted by molar-refractivity contribution is 5.95. The first kappa shape index (κ1) is 46.9. The fourth-order valence-corrected chi connectivity index (χ4v) is 10.4. The molecule has 0 spiro atoms.